The molecule has 0 aliphatic carbocycles. The Morgan fingerprint density at radius 1 is 0.657 bits per heavy atom. The second kappa shape index (κ2) is 8.18. The summed E-state index contributed by atoms with van der Waals surface area (Å²) in [5.74, 6) is -0.343. The van der Waals surface area contributed by atoms with Gasteiger partial charge in [0, 0.05) is 21.9 Å². The van der Waals surface area contributed by atoms with Crippen LogP contribution in [0.15, 0.2) is 120 Å². The van der Waals surface area contributed by atoms with E-state index in [2.05, 4.69) is 0 Å². The van der Waals surface area contributed by atoms with Gasteiger partial charge in [0.15, 0.2) is 0 Å². The van der Waals surface area contributed by atoms with Crippen LogP contribution in [0, 0.1) is 5.82 Å². The van der Waals surface area contributed by atoms with Gasteiger partial charge < -0.3 is 0 Å². The molecule has 0 amide bonds. The highest BCUT2D eigenvalue weighted by atomic mass is 32.2. The molecule has 2 heterocycles. The molecule has 0 bridgehead atoms. The van der Waals surface area contributed by atoms with Crippen LogP contribution in [0.4, 0.5) is 4.39 Å². The molecule has 6 rings (SSSR count). The van der Waals surface area contributed by atoms with E-state index in [1.54, 1.807) is 54.7 Å². The molecule has 6 heteroatoms. The quantitative estimate of drug-likeness (QED) is 0.277. The molecule has 0 unspecified atom stereocenters. The molecule has 170 valence electrons. The summed E-state index contributed by atoms with van der Waals surface area (Å²) in [6.45, 7) is 0. The first-order valence-electron chi connectivity index (χ1n) is 11.1. The number of pyridine rings is 1. The number of nitrogens with zero attached hydrogens (tertiary/aromatic N) is 2. The Labute approximate surface area is 202 Å². The van der Waals surface area contributed by atoms with Gasteiger partial charge in [-0.3, -0.25) is 4.98 Å². The van der Waals surface area contributed by atoms with E-state index in [4.69, 9.17) is 4.98 Å². The summed E-state index contributed by atoms with van der Waals surface area (Å²) < 4.78 is 42.9. The zero-order chi connectivity index (χ0) is 24.0. The summed E-state index contributed by atoms with van der Waals surface area (Å²) in [6.07, 6.45) is 1.62. The predicted molar refractivity (Wildman–Crippen MR) is 137 cm³/mol. The van der Waals surface area contributed by atoms with E-state index in [1.807, 2.05) is 48.5 Å². The van der Waals surface area contributed by atoms with Gasteiger partial charge in [0.1, 0.15) is 5.82 Å². The molecule has 0 saturated carbocycles. The SMILES string of the molecule is O=S(=O)(c1ccccc1)n1c2ccccc2c2c(-c3ccc(F)cc3)c(-c3ccccc3)ncc21. The maximum atomic E-state index is 13.9. The maximum Gasteiger partial charge on any atom is 0.268 e. The minimum absolute atomic E-state index is 0.193. The molecule has 4 aromatic carbocycles. The molecule has 0 spiro atoms. The molecule has 0 N–H and O–H groups in total. The first-order chi connectivity index (χ1) is 17.1. The van der Waals surface area contributed by atoms with Crippen LogP contribution in [-0.2, 0) is 10.0 Å². The van der Waals surface area contributed by atoms with E-state index in [9.17, 15) is 12.8 Å². The molecular formula is C29H19FN2O2S. The Morgan fingerprint density at radius 3 is 2.00 bits per heavy atom. The summed E-state index contributed by atoms with van der Waals surface area (Å²) in [7, 11) is -3.92. The van der Waals surface area contributed by atoms with Gasteiger partial charge in [0.05, 0.1) is 27.8 Å². The van der Waals surface area contributed by atoms with Crippen LogP contribution >= 0.6 is 0 Å². The van der Waals surface area contributed by atoms with Gasteiger partial charge in [-0.25, -0.2) is 16.8 Å². The monoisotopic (exact) mass is 478 g/mol. The topological polar surface area (TPSA) is 52.0 Å². The third-order valence-corrected chi connectivity index (χ3v) is 7.87. The van der Waals surface area contributed by atoms with Gasteiger partial charge in [0.2, 0.25) is 0 Å². The van der Waals surface area contributed by atoms with Crippen molar-refractivity contribution >= 4 is 31.8 Å². The van der Waals surface area contributed by atoms with Gasteiger partial charge in [-0.15, -0.1) is 0 Å². The molecular weight excluding hydrogens is 459 g/mol. The Kier molecular flexibility index (Phi) is 4.97. The van der Waals surface area contributed by atoms with Gasteiger partial charge in [-0.2, -0.15) is 0 Å². The zero-order valence-electron chi connectivity index (χ0n) is 18.5. The van der Waals surface area contributed by atoms with Crippen LogP contribution in [0.3, 0.4) is 0 Å². The molecule has 35 heavy (non-hydrogen) atoms. The van der Waals surface area contributed by atoms with Gasteiger partial charge >= 0.3 is 0 Å². The number of fused-ring (bicyclic) bond motifs is 3. The van der Waals surface area contributed by atoms with E-state index in [0.717, 1.165) is 27.5 Å². The number of hydrogen-bond acceptors (Lipinski definition) is 3. The lowest BCUT2D eigenvalue weighted by molar-refractivity contribution is 0.590. The fourth-order valence-electron chi connectivity index (χ4n) is 4.59. The predicted octanol–water partition coefficient (Wildman–Crippen LogP) is 6.90. The van der Waals surface area contributed by atoms with Crippen LogP contribution in [0.1, 0.15) is 0 Å². The van der Waals surface area contributed by atoms with Crippen LogP contribution < -0.4 is 0 Å². The van der Waals surface area contributed by atoms with Gasteiger partial charge in [0.25, 0.3) is 10.0 Å². The fourth-order valence-corrected chi connectivity index (χ4v) is 6.12. The summed E-state index contributed by atoms with van der Waals surface area (Å²) in [6, 6.07) is 31.7. The number of halogens is 1. The third-order valence-electron chi connectivity index (χ3n) is 6.13. The number of hydrogen-bond donors (Lipinski definition) is 0. The van der Waals surface area contributed by atoms with Crippen LogP contribution in [0.2, 0.25) is 0 Å². The lowest BCUT2D eigenvalue weighted by Gasteiger charge is -2.13. The second-order valence-electron chi connectivity index (χ2n) is 8.21. The Bertz CT molecular complexity index is 1800. The number of aromatic nitrogens is 2. The molecule has 2 aromatic heterocycles. The Hall–Kier alpha value is -4.29. The minimum Gasteiger partial charge on any atom is -0.253 e. The van der Waals surface area contributed by atoms with E-state index in [1.165, 1.54) is 16.1 Å². The van der Waals surface area contributed by atoms with Crippen LogP contribution in [0.5, 0.6) is 0 Å². The lowest BCUT2D eigenvalue weighted by atomic mass is 9.95. The lowest BCUT2D eigenvalue weighted by Crippen LogP contribution is -2.12. The van der Waals surface area contributed by atoms with Crippen LogP contribution in [-0.4, -0.2) is 17.4 Å². The van der Waals surface area contributed by atoms with Crippen molar-refractivity contribution < 1.29 is 12.8 Å². The smallest absolute Gasteiger partial charge is 0.253 e. The highest BCUT2D eigenvalue weighted by Gasteiger charge is 2.26. The molecule has 0 radical (unpaired) electrons. The van der Waals surface area contributed by atoms with Crippen molar-refractivity contribution in [1.29, 1.82) is 0 Å². The standard InChI is InChI=1S/C29H19FN2O2S/c30-22-17-15-20(16-18-22)27-28-24-13-7-8-14-25(24)32(35(33,34)23-11-5-2-6-12-23)26(28)19-31-29(27)21-9-3-1-4-10-21/h1-19H. The molecule has 0 fully saturated rings. The maximum absolute atomic E-state index is 13.9. The van der Waals surface area contributed by atoms with E-state index < -0.39 is 10.0 Å². The Balaban J connectivity index is 1.79. The molecule has 6 aromatic rings. The summed E-state index contributed by atoms with van der Waals surface area (Å²) in [5, 5.41) is 1.53. The normalized spacial score (nSPS) is 11.8. The van der Waals surface area contributed by atoms with Crippen molar-refractivity contribution in [1.82, 2.24) is 8.96 Å². The van der Waals surface area contributed by atoms with Gasteiger partial charge in [-0.1, -0.05) is 78.9 Å². The average Bonchev–Trinajstić information content (AvgIpc) is 3.25. The third kappa shape index (κ3) is 3.42. The summed E-state index contributed by atoms with van der Waals surface area (Å²) in [5.41, 5.74) is 4.12. The summed E-state index contributed by atoms with van der Waals surface area (Å²) >= 11 is 0. The van der Waals surface area contributed by atoms with Gasteiger partial charge in [-0.05, 0) is 35.9 Å². The highest BCUT2D eigenvalue weighted by Crippen LogP contribution is 2.42. The first kappa shape index (κ1) is 21.3. The van der Waals surface area contributed by atoms with E-state index in [-0.39, 0.29) is 10.7 Å². The molecule has 0 atom stereocenters. The fraction of sp³-hybridized carbons (Fsp3) is 0. The zero-order valence-corrected chi connectivity index (χ0v) is 19.3. The van der Waals surface area contributed by atoms with Crippen molar-refractivity contribution in [2.75, 3.05) is 0 Å². The Morgan fingerprint density at radius 2 is 1.29 bits per heavy atom. The molecule has 4 nitrogen and oxygen atoms in total. The van der Waals surface area contributed by atoms with Crippen molar-refractivity contribution in [2.24, 2.45) is 0 Å². The van der Waals surface area contributed by atoms with Crippen molar-refractivity contribution in [3.63, 3.8) is 0 Å². The molecule has 0 saturated heterocycles. The average molecular weight is 479 g/mol. The van der Waals surface area contributed by atoms with E-state index >= 15 is 0 Å². The van der Waals surface area contributed by atoms with Crippen molar-refractivity contribution in [3.8, 4) is 22.4 Å². The number of benzene rings is 4. The van der Waals surface area contributed by atoms with Crippen LogP contribution in [0.25, 0.3) is 44.2 Å². The largest absolute Gasteiger partial charge is 0.268 e. The summed E-state index contributed by atoms with van der Waals surface area (Å²) in [4.78, 5) is 4.95. The highest BCUT2D eigenvalue weighted by molar-refractivity contribution is 7.90. The van der Waals surface area contributed by atoms with Crippen molar-refractivity contribution in [3.05, 3.63) is 121 Å². The second-order valence-corrected chi connectivity index (χ2v) is 10.0. The first-order valence-corrected chi connectivity index (χ1v) is 12.5. The number of rotatable bonds is 4. The molecule has 0 aliphatic heterocycles. The minimum atomic E-state index is -3.92. The van der Waals surface area contributed by atoms with Crippen molar-refractivity contribution in [2.45, 2.75) is 4.90 Å². The van der Waals surface area contributed by atoms with E-state index in [0.29, 0.717) is 16.7 Å². The number of para-hydroxylation sites is 1. The molecule has 0 aliphatic rings.